The van der Waals surface area contributed by atoms with E-state index in [0.29, 0.717) is 28.5 Å². The van der Waals surface area contributed by atoms with Gasteiger partial charge >= 0.3 is 5.97 Å². The summed E-state index contributed by atoms with van der Waals surface area (Å²) >= 11 is 0. The summed E-state index contributed by atoms with van der Waals surface area (Å²) in [4.78, 5) is 24.4. The highest BCUT2D eigenvalue weighted by Crippen LogP contribution is 2.30. The molecule has 0 atom stereocenters. The van der Waals surface area contributed by atoms with Gasteiger partial charge in [0.2, 0.25) is 5.76 Å². The molecular formula is C28H22N2O6. The molecule has 0 radical (unpaired) electrons. The topological polar surface area (TPSA) is 111 Å². The number of ether oxygens (including phenoxy) is 3. The summed E-state index contributed by atoms with van der Waals surface area (Å²) in [5, 5.41) is 14.3. The third-order valence-corrected chi connectivity index (χ3v) is 5.32. The molecule has 0 saturated heterocycles. The lowest BCUT2D eigenvalue weighted by molar-refractivity contribution is -0.112. The van der Waals surface area contributed by atoms with Crippen LogP contribution in [0.3, 0.4) is 0 Å². The Morgan fingerprint density at radius 3 is 2.58 bits per heavy atom. The molecule has 0 aliphatic carbocycles. The number of amides is 1. The zero-order chi connectivity index (χ0) is 25.5. The predicted molar refractivity (Wildman–Crippen MR) is 134 cm³/mol. The van der Waals surface area contributed by atoms with E-state index in [2.05, 4.69) is 10.1 Å². The molecule has 8 nitrogen and oxygen atoms in total. The van der Waals surface area contributed by atoms with Gasteiger partial charge in [0.05, 0.1) is 14.2 Å². The van der Waals surface area contributed by atoms with Crippen LogP contribution in [0.5, 0.6) is 11.5 Å². The second-order valence-electron chi connectivity index (χ2n) is 7.61. The number of carbonyl (C=O) groups excluding carboxylic acids is 2. The molecule has 3 aromatic carbocycles. The Morgan fingerprint density at radius 2 is 1.81 bits per heavy atom. The number of rotatable bonds is 8. The van der Waals surface area contributed by atoms with Crippen molar-refractivity contribution in [2.45, 2.75) is 6.61 Å². The third kappa shape index (κ3) is 5.37. The van der Waals surface area contributed by atoms with E-state index >= 15 is 0 Å². The molecule has 0 spiro atoms. The van der Waals surface area contributed by atoms with Crippen LogP contribution in [0.4, 0.5) is 5.69 Å². The van der Waals surface area contributed by atoms with Gasteiger partial charge in [0, 0.05) is 11.1 Å². The average Bonchev–Trinajstić information content (AvgIpc) is 3.39. The molecule has 0 bridgehead atoms. The lowest BCUT2D eigenvalue weighted by Crippen LogP contribution is -2.13. The first-order valence-corrected chi connectivity index (χ1v) is 10.9. The number of esters is 1. The lowest BCUT2D eigenvalue weighted by Gasteiger charge is -2.11. The minimum Gasteiger partial charge on any atom is -0.493 e. The normalized spacial score (nSPS) is 11.0. The van der Waals surface area contributed by atoms with Gasteiger partial charge in [-0.2, -0.15) is 5.26 Å². The quantitative estimate of drug-likeness (QED) is 0.205. The van der Waals surface area contributed by atoms with Crippen molar-refractivity contribution in [3.05, 3.63) is 95.5 Å². The monoisotopic (exact) mass is 482 g/mol. The third-order valence-electron chi connectivity index (χ3n) is 5.32. The van der Waals surface area contributed by atoms with Gasteiger partial charge in [-0.15, -0.1) is 0 Å². The van der Waals surface area contributed by atoms with Crippen LogP contribution < -0.4 is 14.8 Å². The number of nitrogens with one attached hydrogen (secondary N) is 1. The van der Waals surface area contributed by atoms with Gasteiger partial charge in [-0.25, -0.2) is 4.79 Å². The van der Waals surface area contributed by atoms with Crippen LogP contribution in [-0.4, -0.2) is 26.1 Å². The number of furan rings is 1. The Bertz CT molecular complexity index is 1490. The van der Waals surface area contributed by atoms with Crippen LogP contribution in [-0.2, 0) is 16.1 Å². The summed E-state index contributed by atoms with van der Waals surface area (Å²) < 4.78 is 21.2. The standard InChI is InChI=1S/C28H22N2O6/c1-33-26-15-18(10-12-24(26)35-17-21-11-13-25(36-21)28(32)34-2)14-20(16-29)27(31)30-23-9-5-7-19-6-3-4-8-22(19)23/h3-15H,17H2,1-2H3,(H,30,31)/b20-14+. The Labute approximate surface area is 207 Å². The van der Waals surface area contributed by atoms with Crippen molar-refractivity contribution in [2.75, 3.05) is 19.5 Å². The van der Waals surface area contributed by atoms with Gasteiger partial charge in [0.15, 0.2) is 11.5 Å². The smallest absolute Gasteiger partial charge is 0.373 e. The van der Waals surface area contributed by atoms with Crippen molar-refractivity contribution >= 4 is 34.4 Å². The highest BCUT2D eigenvalue weighted by molar-refractivity contribution is 6.12. The molecule has 36 heavy (non-hydrogen) atoms. The van der Waals surface area contributed by atoms with Crippen LogP contribution in [0.1, 0.15) is 21.9 Å². The zero-order valence-corrected chi connectivity index (χ0v) is 19.6. The fourth-order valence-corrected chi connectivity index (χ4v) is 3.55. The summed E-state index contributed by atoms with van der Waals surface area (Å²) in [6.07, 6.45) is 1.47. The van der Waals surface area contributed by atoms with E-state index in [1.54, 1.807) is 30.3 Å². The Hall–Kier alpha value is -5.03. The van der Waals surface area contributed by atoms with Gasteiger partial charge in [-0.05, 0) is 47.4 Å². The van der Waals surface area contributed by atoms with Crippen LogP contribution in [0.25, 0.3) is 16.8 Å². The van der Waals surface area contributed by atoms with Crippen LogP contribution in [0.2, 0.25) is 0 Å². The predicted octanol–water partition coefficient (Wildman–Crippen LogP) is 5.35. The number of anilines is 1. The van der Waals surface area contributed by atoms with Crippen molar-refractivity contribution in [3.63, 3.8) is 0 Å². The highest BCUT2D eigenvalue weighted by Gasteiger charge is 2.14. The van der Waals surface area contributed by atoms with Crippen LogP contribution in [0.15, 0.2) is 82.8 Å². The molecule has 0 unspecified atom stereocenters. The number of carbonyl (C=O) groups is 2. The fraction of sp³-hybridized carbons (Fsp3) is 0.107. The van der Waals surface area contributed by atoms with Gasteiger partial charge in [-0.1, -0.05) is 42.5 Å². The Balaban J connectivity index is 1.49. The Kier molecular flexibility index (Phi) is 7.32. The van der Waals surface area contributed by atoms with Crippen molar-refractivity contribution in [3.8, 4) is 17.6 Å². The molecule has 180 valence electrons. The zero-order valence-electron chi connectivity index (χ0n) is 19.6. The first-order valence-electron chi connectivity index (χ1n) is 10.9. The molecule has 0 aliphatic heterocycles. The number of hydrogen-bond donors (Lipinski definition) is 1. The molecule has 0 saturated carbocycles. The van der Waals surface area contributed by atoms with Gasteiger partial charge in [0.25, 0.3) is 5.91 Å². The maximum atomic E-state index is 12.8. The van der Waals surface area contributed by atoms with E-state index in [4.69, 9.17) is 13.9 Å². The number of hydrogen-bond acceptors (Lipinski definition) is 7. The fourth-order valence-electron chi connectivity index (χ4n) is 3.55. The molecule has 1 amide bonds. The van der Waals surface area contributed by atoms with E-state index in [9.17, 15) is 14.9 Å². The molecule has 1 N–H and O–H groups in total. The number of methoxy groups -OCH3 is 2. The van der Waals surface area contributed by atoms with E-state index < -0.39 is 11.9 Å². The molecule has 8 heteroatoms. The molecule has 1 heterocycles. The molecule has 4 aromatic rings. The largest absolute Gasteiger partial charge is 0.493 e. The van der Waals surface area contributed by atoms with Gasteiger partial charge < -0.3 is 23.9 Å². The van der Waals surface area contributed by atoms with E-state index in [0.717, 1.165) is 10.8 Å². The maximum Gasteiger partial charge on any atom is 0.373 e. The van der Waals surface area contributed by atoms with Crippen molar-refractivity contribution in [1.82, 2.24) is 0 Å². The van der Waals surface area contributed by atoms with Crippen LogP contribution >= 0.6 is 0 Å². The van der Waals surface area contributed by atoms with Crippen molar-refractivity contribution < 1.29 is 28.2 Å². The summed E-state index contributed by atoms with van der Waals surface area (Å²) in [5.41, 5.74) is 1.13. The van der Waals surface area contributed by atoms with Crippen LogP contribution in [0, 0.1) is 11.3 Å². The molecule has 0 fully saturated rings. The number of nitriles is 1. The lowest BCUT2D eigenvalue weighted by atomic mass is 10.1. The molecular weight excluding hydrogens is 460 g/mol. The molecule has 4 rings (SSSR count). The minimum atomic E-state index is -0.576. The molecule has 0 aliphatic rings. The van der Waals surface area contributed by atoms with E-state index in [1.165, 1.54) is 26.4 Å². The first kappa shape index (κ1) is 24.1. The Morgan fingerprint density at radius 1 is 1.00 bits per heavy atom. The second-order valence-corrected chi connectivity index (χ2v) is 7.61. The number of benzene rings is 3. The maximum absolute atomic E-state index is 12.8. The second kappa shape index (κ2) is 10.9. The first-order chi connectivity index (χ1) is 17.5. The number of nitrogens with zero attached hydrogens (tertiary/aromatic N) is 1. The summed E-state index contributed by atoms with van der Waals surface area (Å²) in [5.74, 6) is 0.229. The van der Waals surface area contributed by atoms with E-state index in [1.807, 2.05) is 42.5 Å². The van der Waals surface area contributed by atoms with Gasteiger partial charge in [0.1, 0.15) is 24.0 Å². The summed E-state index contributed by atoms with van der Waals surface area (Å²) in [6.45, 7) is 0.0550. The van der Waals surface area contributed by atoms with Crippen molar-refractivity contribution in [1.29, 1.82) is 5.26 Å². The molecule has 1 aromatic heterocycles. The summed E-state index contributed by atoms with van der Waals surface area (Å²) in [6, 6.07) is 23.3. The van der Waals surface area contributed by atoms with E-state index in [-0.39, 0.29) is 17.9 Å². The highest BCUT2D eigenvalue weighted by atomic mass is 16.5. The van der Waals surface area contributed by atoms with Gasteiger partial charge in [-0.3, -0.25) is 4.79 Å². The minimum absolute atomic E-state index is 0.0550. The summed E-state index contributed by atoms with van der Waals surface area (Å²) in [7, 11) is 2.75. The SMILES string of the molecule is COC(=O)c1ccc(COc2ccc(/C=C(\C#N)C(=O)Nc3cccc4ccccc34)cc2OC)o1. The number of fused-ring (bicyclic) bond motifs is 1. The van der Waals surface area contributed by atoms with Crippen molar-refractivity contribution in [2.24, 2.45) is 0 Å². The average molecular weight is 482 g/mol.